The second kappa shape index (κ2) is 8.76. The molecule has 2 atom stereocenters. The van der Waals surface area contributed by atoms with Crippen LogP contribution in [-0.2, 0) is 0 Å². The van der Waals surface area contributed by atoms with E-state index in [2.05, 4.69) is 15.5 Å². The van der Waals surface area contributed by atoms with Gasteiger partial charge in [0.15, 0.2) is 0 Å². The third-order valence-corrected chi connectivity index (χ3v) is 5.49. The molecule has 0 spiro atoms. The highest BCUT2D eigenvalue weighted by molar-refractivity contribution is 6.33. The summed E-state index contributed by atoms with van der Waals surface area (Å²) >= 11 is 12.4. The number of amides is 1. The van der Waals surface area contributed by atoms with Crippen molar-refractivity contribution in [3.63, 3.8) is 0 Å². The Morgan fingerprint density at radius 1 is 1.18 bits per heavy atom. The fraction of sp³-hybridized carbons (Fsp3) is 0.286. The Bertz CT molecular complexity index is 987. The van der Waals surface area contributed by atoms with Crippen LogP contribution >= 0.6 is 23.2 Å². The molecule has 1 heterocycles. The van der Waals surface area contributed by atoms with Crippen LogP contribution in [0.25, 0.3) is 11.4 Å². The number of nitrogens with one attached hydrogen (secondary N) is 1. The van der Waals surface area contributed by atoms with E-state index in [9.17, 15) is 4.79 Å². The Labute approximate surface area is 174 Å². The van der Waals surface area contributed by atoms with Gasteiger partial charge in [0.25, 0.3) is 5.91 Å². The van der Waals surface area contributed by atoms with Gasteiger partial charge in [0.05, 0.1) is 10.6 Å². The van der Waals surface area contributed by atoms with Crippen molar-refractivity contribution < 1.29 is 9.32 Å². The minimum absolute atomic E-state index is 0.0846. The summed E-state index contributed by atoms with van der Waals surface area (Å²) in [7, 11) is 0. The molecule has 0 aliphatic rings. The molecule has 0 bridgehead atoms. The number of halogens is 2. The van der Waals surface area contributed by atoms with Crippen LogP contribution in [0.5, 0.6) is 0 Å². The van der Waals surface area contributed by atoms with Crippen molar-refractivity contribution in [3.8, 4) is 11.4 Å². The predicted octanol–water partition coefficient (Wildman–Crippen LogP) is 5.87. The molecule has 0 saturated carbocycles. The molecular formula is C21H21Cl2N3O2. The number of benzene rings is 2. The highest BCUT2D eigenvalue weighted by atomic mass is 35.5. The molecule has 0 radical (unpaired) electrons. The molecule has 0 saturated heterocycles. The third-order valence-electron chi connectivity index (χ3n) is 4.76. The van der Waals surface area contributed by atoms with E-state index >= 15 is 0 Å². The Balaban J connectivity index is 1.88. The summed E-state index contributed by atoms with van der Waals surface area (Å²) in [4.78, 5) is 17.2. The maximum atomic E-state index is 12.7. The molecule has 0 aliphatic heterocycles. The number of rotatable bonds is 6. The van der Waals surface area contributed by atoms with Crippen molar-refractivity contribution in [1.82, 2.24) is 15.5 Å². The van der Waals surface area contributed by atoms with E-state index in [-0.39, 0.29) is 11.8 Å². The van der Waals surface area contributed by atoms with E-state index in [0.717, 1.165) is 17.5 Å². The Morgan fingerprint density at radius 2 is 1.93 bits per heavy atom. The molecule has 1 N–H and O–H groups in total. The van der Waals surface area contributed by atoms with Crippen LogP contribution in [0, 0.1) is 12.8 Å². The maximum absolute atomic E-state index is 12.7. The van der Waals surface area contributed by atoms with Crippen molar-refractivity contribution in [1.29, 1.82) is 0 Å². The maximum Gasteiger partial charge on any atom is 0.253 e. The van der Waals surface area contributed by atoms with Crippen LogP contribution in [0.15, 0.2) is 47.0 Å². The van der Waals surface area contributed by atoms with E-state index in [0.29, 0.717) is 27.3 Å². The number of nitrogens with zero attached hydrogens (tertiary/aromatic N) is 2. The summed E-state index contributed by atoms with van der Waals surface area (Å²) in [5.41, 5.74) is 2.13. The van der Waals surface area contributed by atoms with Gasteiger partial charge in [0.2, 0.25) is 11.7 Å². The van der Waals surface area contributed by atoms with E-state index in [1.54, 1.807) is 30.3 Å². The van der Waals surface area contributed by atoms with Crippen molar-refractivity contribution in [2.45, 2.75) is 33.2 Å². The first-order valence-corrected chi connectivity index (χ1v) is 9.81. The summed E-state index contributed by atoms with van der Waals surface area (Å²) in [6.45, 7) is 5.98. The molecule has 1 amide bonds. The van der Waals surface area contributed by atoms with Gasteiger partial charge in [-0.15, -0.1) is 0 Å². The smallest absolute Gasteiger partial charge is 0.253 e. The number of aryl methyl sites for hydroxylation is 1. The molecule has 28 heavy (non-hydrogen) atoms. The standard InChI is InChI=1S/C21H21Cl2N3O2/c1-4-12(2)18(24-20(27)15-7-5-6-8-16(15)22)21-25-19(26-28-21)14-10-9-13(3)17(23)11-14/h5-12,18H,4H2,1-3H3,(H,24,27)/t12-,18+/m0/s1. The summed E-state index contributed by atoms with van der Waals surface area (Å²) in [6.07, 6.45) is 0.821. The zero-order chi connectivity index (χ0) is 20.3. The second-order valence-electron chi connectivity index (χ2n) is 6.74. The molecule has 0 unspecified atom stereocenters. The van der Waals surface area contributed by atoms with Crippen LogP contribution < -0.4 is 5.32 Å². The van der Waals surface area contributed by atoms with Crippen molar-refractivity contribution in [2.24, 2.45) is 5.92 Å². The quantitative estimate of drug-likeness (QED) is 0.544. The molecule has 2 aromatic carbocycles. The predicted molar refractivity (Wildman–Crippen MR) is 111 cm³/mol. The van der Waals surface area contributed by atoms with Gasteiger partial charge in [-0.25, -0.2) is 0 Å². The van der Waals surface area contributed by atoms with Gasteiger partial charge in [-0.05, 0) is 36.6 Å². The molecular weight excluding hydrogens is 397 g/mol. The Morgan fingerprint density at radius 3 is 2.61 bits per heavy atom. The van der Waals surface area contributed by atoms with Gasteiger partial charge in [-0.1, -0.05) is 72.9 Å². The van der Waals surface area contributed by atoms with Gasteiger partial charge in [0.1, 0.15) is 6.04 Å². The fourth-order valence-electron chi connectivity index (χ4n) is 2.76. The lowest BCUT2D eigenvalue weighted by Crippen LogP contribution is -2.33. The average Bonchev–Trinajstić information content (AvgIpc) is 3.17. The van der Waals surface area contributed by atoms with Crippen molar-refractivity contribution in [3.05, 3.63) is 69.5 Å². The second-order valence-corrected chi connectivity index (χ2v) is 7.55. The topological polar surface area (TPSA) is 68.0 Å². The zero-order valence-corrected chi connectivity index (χ0v) is 17.4. The fourth-order valence-corrected chi connectivity index (χ4v) is 3.16. The molecule has 0 aliphatic carbocycles. The van der Waals surface area contributed by atoms with E-state index in [4.69, 9.17) is 27.7 Å². The number of aromatic nitrogens is 2. The first kappa shape index (κ1) is 20.4. The van der Waals surface area contributed by atoms with E-state index in [1.165, 1.54) is 0 Å². The van der Waals surface area contributed by atoms with E-state index < -0.39 is 6.04 Å². The molecule has 0 fully saturated rings. The normalized spacial score (nSPS) is 13.2. The lowest BCUT2D eigenvalue weighted by Gasteiger charge is -2.21. The summed E-state index contributed by atoms with van der Waals surface area (Å²) in [6, 6.07) is 12.1. The average molecular weight is 418 g/mol. The minimum atomic E-state index is -0.434. The van der Waals surface area contributed by atoms with Crippen LogP contribution in [-0.4, -0.2) is 16.0 Å². The SMILES string of the molecule is CC[C@H](C)[C@@H](NC(=O)c1ccccc1Cl)c1nc(-c2ccc(C)c(Cl)c2)no1. The summed E-state index contributed by atoms with van der Waals surface area (Å²) in [5.74, 6) is 0.578. The summed E-state index contributed by atoms with van der Waals surface area (Å²) in [5, 5.41) is 8.08. The number of carbonyl (C=O) groups excluding carboxylic acids is 1. The van der Waals surface area contributed by atoms with Crippen LogP contribution in [0.4, 0.5) is 0 Å². The first-order valence-electron chi connectivity index (χ1n) is 9.06. The van der Waals surface area contributed by atoms with Gasteiger partial charge in [-0.3, -0.25) is 4.79 Å². The minimum Gasteiger partial charge on any atom is -0.340 e. The van der Waals surface area contributed by atoms with Gasteiger partial charge < -0.3 is 9.84 Å². The number of carbonyl (C=O) groups is 1. The highest BCUT2D eigenvalue weighted by Crippen LogP contribution is 2.28. The van der Waals surface area contributed by atoms with Gasteiger partial charge in [0, 0.05) is 10.6 Å². The molecule has 146 valence electrons. The number of hydrogen-bond acceptors (Lipinski definition) is 4. The van der Waals surface area contributed by atoms with Gasteiger partial charge in [-0.2, -0.15) is 4.98 Å². The number of hydrogen-bond donors (Lipinski definition) is 1. The van der Waals surface area contributed by atoms with Crippen LogP contribution in [0.3, 0.4) is 0 Å². The van der Waals surface area contributed by atoms with Crippen molar-refractivity contribution in [2.75, 3.05) is 0 Å². The highest BCUT2D eigenvalue weighted by Gasteiger charge is 2.27. The molecule has 7 heteroatoms. The van der Waals surface area contributed by atoms with Crippen LogP contribution in [0.2, 0.25) is 10.0 Å². The van der Waals surface area contributed by atoms with Crippen molar-refractivity contribution >= 4 is 29.1 Å². The lowest BCUT2D eigenvalue weighted by molar-refractivity contribution is 0.0910. The molecule has 3 aromatic rings. The Hall–Kier alpha value is -2.37. The molecule has 3 rings (SSSR count). The summed E-state index contributed by atoms with van der Waals surface area (Å²) < 4.78 is 5.49. The Kier molecular flexibility index (Phi) is 6.37. The van der Waals surface area contributed by atoms with Gasteiger partial charge >= 0.3 is 0 Å². The largest absolute Gasteiger partial charge is 0.340 e. The van der Waals surface area contributed by atoms with E-state index in [1.807, 2.05) is 32.9 Å². The lowest BCUT2D eigenvalue weighted by atomic mass is 9.98. The zero-order valence-electron chi connectivity index (χ0n) is 15.9. The molecule has 1 aromatic heterocycles. The molecule has 5 nitrogen and oxygen atoms in total. The monoisotopic (exact) mass is 417 g/mol. The van der Waals surface area contributed by atoms with Crippen LogP contribution in [0.1, 0.15) is 48.1 Å². The third kappa shape index (κ3) is 4.37. The first-order chi connectivity index (χ1) is 13.4.